The van der Waals surface area contributed by atoms with Gasteiger partial charge in [0, 0.05) is 22.9 Å². The van der Waals surface area contributed by atoms with Crippen molar-refractivity contribution in [1.82, 2.24) is 0 Å². The lowest BCUT2D eigenvalue weighted by atomic mass is 10.1. The third kappa shape index (κ3) is 5.18. The van der Waals surface area contributed by atoms with E-state index in [1.165, 1.54) is 13.8 Å². The first-order valence-electron chi connectivity index (χ1n) is 7.63. The molecular formula is C19H16Cl2N2O3. The van der Waals surface area contributed by atoms with Crippen LogP contribution in [0.5, 0.6) is 0 Å². The molecule has 0 saturated carbocycles. The first-order valence-corrected chi connectivity index (χ1v) is 8.39. The summed E-state index contributed by atoms with van der Waals surface area (Å²) < 4.78 is 0. The SMILES string of the molecule is CC(=O)c1ccc(NC(=O)/C(C)=C\C(=O)Nc2c(Cl)cccc2Cl)cc1. The summed E-state index contributed by atoms with van der Waals surface area (Å²) in [6.45, 7) is 2.97. The molecule has 0 aliphatic heterocycles. The molecule has 0 aromatic heterocycles. The molecular weight excluding hydrogens is 375 g/mol. The van der Waals surface area contributed by atoms with E-state index in [0.29, 0.717) is 21.3 Å². The van der Waals surface area contributed by atoms with Gasteiger partial charge < -0.3 is 10.6 Å². The van der Waals surface area contributed by atoms with Crippen molar-refractivity contribution in [1.29, 1.82) is 0 Å². The summed E-state index contributed by atoms with van der Waals surface area (Å²) in [4.78, 5) is 35.5. The fraction of sp³-hybridized carbons (Fsp3) is 0.105. The molecule has 0 bridgehead atoms. The second-order valence-corrected chi connectivity index (χ2v) is 6.32. The van der Waals surface area contributed by atoms with Crippen LogP contribution in [0.1, 0.15) is 24.2 Å². The number of Topliss-reactive ketones (excluding diaryl/α,β-unsaturated/α-hetero) is 1. The fourth-order valence-electron chi connectivity index (χ4n) is 2.06. The number of carbonyl (C=O) groups excluding carboxylic acids is 3. The molecule has 0 fully saturated rings. The average molecular weight is 391 g/mol. The topological polar surface area (TPSA) is 75.3 Å². The largest absolute Gasteiger partial charge is 0.322 e. The van der Waals surface area contributed by atoms with Crippen molar-refractivity contribution in [3.8, 4) is 0 Å². The van der Waals surface area contributed by atoms with Crippen molar-refractivity contribution < 1.29 is 14.4 Å². The van der Waals surface area contributed by atoms with Gasteiger partial charge in [0.05, 0.1) is 15.7 Å². The predicted molar refractivity (Wildman–Crippen MR) is 104 cm³/mol. The average Bonchev–Trinajstić information content (AvgIpc) is 2.58. The Morgan fingerprint density at radius 2 is 1.46 bits per heavy atom. The molecule has 134 valence electrons. The molecule has 2 N–H and O–H groups in total. The molecule has 0 spiro atoms. The number of carbonyl (C=O) groups is 3. The minimum absolute atomic E-state index is 0.0612. The van der Waals surface area contributed by atoms with Crippen molar-refractivity contribution >= 4 is 52.2 Å². The Hall–Kier alpha value is -2.63. The maximum absolute atomic E-state index is 12.2. The summed E-state index contributed by atoms with van der Waals surface area (Å²) in [7, 11) is 0. The van der Waals surface area contributed by atoms with Gasteiger partial charge in [0.15, 0.2) is 5.78 Å². The van der Waals surface area contributed by atoms with Crippen LogP contribution in [0.3, 0.4) is 0 Å². The van der Waals surface area contributed by atoms with E-state index in [4.69, 9.17) is 23.2 Å². The third-order valence-electron chi connectivity index (χ3n) is 3.47. The van der Waals surface area contributed by atoms with E-state index >= 15 is 0 Å². The number of amides is 2. The number of halogens is 2. The third-order valence-corrected chi connectivity index (χ3v) is 4.10. The Labute approximate surface area is 161 Å². The van der Waals surface area contributed by atoms with Gasteiger partial charge in [-0.3, -0.25) is 14.4 Å². The fourth-order valence-corrected chi connectivity index (χ4v) is 2.55. The lowest BCUT2D eigenvalue weighted by molar-refractivity contribution is -0.114. The smallest absolute Gasteiger partial charge is 0.251 e. The number of hydrogen-bond acceptors (Lipinski definition) is 3. The number of para-hydroxylation sites is 1. The molecule has 2 aromatic rings. The monoisotopic (exact) mass is 390 g/mol. The van der Waals surface area contributed by atoms with Crippen LogP contribution >= 0.6 is 23.2 Å². The summed E-state index contributed by atoms with van der Waals surface area (Å²) in [6, 6.07) is 11.3. The van der Waals surface area contributed by atoms with Gasteiger partial charge in [0.25, 0.3) is 5.91 Å². The van der Waals surface area contributed by atoms with E-state index in [0.717, 1.165) is 6.08 Å². The number of anilines is 2. The van der Waals surface area contributed by atoms with E-state index in [1.807, 2.05) is 0 Å². The van der Waals surface area contributed by atoms with Crippen molar-refractivity contribution in [3.63, 3.8) is 0 Å². The molecule has 0 unspecified atom stereocenters. The van der Waals surface area contributed by atoms with Crippen LogP contribution in [-0.4, -0.2) is 17.6 Å². The molecule has 0 aliphatic carbocycles. The normalized spacial score (nSPS) is 11.0. The molecule has 2 rings (SSSR count). The minimum Gasteiger partial charge on any atom is -0.322 e. The van der Waals surface area contributed by atoms with Gasteiger partial charge in [-0.25, -0.2) is 0 Å². The van der Waals surface area contributed by atoms with Gasteiger partial charge >= 0.3 is 0 Å². The number of ketones is 1. The first kappa shape index (κ1) is 19.7. The number of hydrogen-bond donors (Lipinski definition) is 2. The molecule has 0 atom stereocenters. The van der Waals surface area contributed by atoms with Gasteiger partial charge in [0.2, 0.25) is 5.91 Å². The lowest BCUT2D eigenvalue weighted by Crippen LogP contribution is -2.16. The van der Waals surface area contributed by atoms with Crippen LogP contribution in [0.25, 0.3) is 0 Å². The molecule has 2 aromatic carbocycles. The molecule has 0 aliphatic rings. The Bertz CT molecular complexity index is 870. The number of rotatable bonds is 5. The summed E-state index contributed by atoms with van der Waals surface area (Å²) in [5, 5.41) is 5.80. The molecule has 7 heteroatoms. The van der Waals surface area contributed by atoms with Crippen LogP contribution < -0.4 is 10.6 Å². The highest BCUT2D eigenvalue weighted by Crippen LogP contribution is 2.29. The first-order chi connectivity index (χ1) is 12.3. The Morgan fingerprint density at radius 3 is 2.00 bits per heavy atom. The highest BCUT2D eigenvalue weighted by Gasteiger charge is 2.11. The van der Waals surface area contributed by atoms with E-state index in [2.05, 4.69) is 10.6 Å². The molecule has 0 heterocycles. The maximum atomic E-state index is 12.2. The van der Waals surface area contributed by atoms with E-state index in [1.54, 1.807) is 42.5 Å². The number of nitrogens with one attached hydrogen (secondary N) is 2. The zero-order valence-electron chi connectivity index (χ0n) is 14.1. The Balaban J connectivity index is 2.04. The van der Waals surface area contributed by atoms with Crippen LogP contribution in [-0.2, 0) is 9.59 Å². The van der Waals surface area contributed by atoms with E-state index in [9.17, 15) is 14.4 Å². The molecule has 2 amide bonds. The molecule has 0 saturated heterocycles. The van der Waals surface area contributed by atoms with Crippen molar-refractivity contribution in [2.75, 3.05) is 10.6 Å². The minimum atomic E-state index is -0.528. The summed E-state index contributed by atoms with van der Waals surface area (Å²) in [6.07, 6.45) is 1.15. The van der Waals surface area contributed by atoms with Crippen molar-refractivity contribution in [2.45, 2.75) is 13.8 Å². The Morgan fingerprint density at radius 1 is 0.885 bits per heavy atom. The standard InChI is InChI=1S/C19H16Cl2N2O3/c1-11(10-17(25)23-18-15(20)4-3-5-16(18)21)19(26)22-14-8-6-13(7-9-14)12(2)24/h3-10H,1-2H3,(H,22,26)(H,23,25)/b11-10-. The zero-order valence-corrected chi connectivity index (χ0v) is 15.6. The maximum Gasteiger partial charge on any atom is 0.251 e. The number of benzene rings is 2. The van der Waals surface area contributed by atoms with Crippen LogP contribution in [0.15, 0.2) is 54.1 Å². The highest BCUT2D eigenvalue weighted by atomic mass is 35.5. The molecule has 0 radical (unpaired) electrons. The van der Waals surface area contributed by atoms with E-state index < -0.39 is 11.8 Å². The van der Waals surface area contributed by atoms with Gasteiger partial charge in [-0.15, -0.1) is 0 Å². The van der Waals surface area contributed by atoms with Gasteiger partial charge in [-0.05, 0) is 50.2 Å². The second-order valence-electron chi connectivity index (χ2n) is 5.50. The predicted octanol–water partition coefficient (Wildman–Crippen LogP) is 4.72. The van der Waals surface area contributed by atoms with Crippen LogP contribution in [0.2, 0.25) is 10.0 Å². The van der Waals surface area contributed by atoms with Gasteiger partial charge in [-0.2, -0.15) is 0 Å². The second kappa shape index (κ2) is 8.65. The summed E-state index contributed by atoms with van der Waals surface area (Å²) in [5.74, 6) is -1.03. The van der Waals surface area contributed by atoms with Crippen LogP contribution in [0, 0.1) is 0 Å². The van der Waals surface area contributed by atoms with Crippen molar-refractivity contribution in [2.24, 2.45) is 0 Å². The zero-order chi connectivity index (χ0) is 19.3. The Kier molecular flexibility index (Phi) is 6.55. The van der Waals surface area contributed by atoms with E-state index in [-0.39, 0.29) is 17.0 Å². The molecule has 26 heavy (non-hydrogen) atoms. The summed E-state index contributed by atoms with van der Waals surface area (Å²) in [5.41, 5.74) is 1.54. The van der Waals surface area contributed by atoms with Gasteiger partial charge in [0.1, 0.15) is 0 Å². The van der Waals surface area contributed by atoms with Gasteiger partial charge in [-0.1, -0.05) is 29.3 Å². The van der Waals surface area contributed by atoms with Crippen molar-refractivity contribution in [3.05, 3.63) is 69.7 Å². The quantitative estimate of drug-likeness (QED) is 0.572. The summed E-state index contributed by atoms with van der Waals surface area (Å²) >= 11 is 12.0. The molecule has 5 nitrogen and oxygen atoms in total. The lowest BCUT2D eigenvalue weighted by Gasteiger charge is -2.08. The van der Waals surface area contributed by atoms with Crippen LogP contribution in [0.4, 0.5) is 11.4 Å². The highest BCUT2D eigenvalue weighted by molar-refractivity contribution is 6.39.